The molecule has 31 heavy (non-hydrogen) atoms. The molecule has 0 bridgehead atoms. The van der Waals surface area contributed by atoms with Gasteiger partial charge in [-0.05, 0) is 88.9 Å². The minimum atomic E-state index is -0.410. The second-order valence-electron chi connectivity index (χ2n) is 11.1. The molecule has 2 saturated carbocycles. The van der Waals surface area contributed by atoms with Gasteiger partial charge in [0, 0.05) is 5.56 Å². The third kappa shape index (κ3) is 3.51. The molecule has 1 aromatic rings. The summed E-state index contributed by atoms with van der Waals surface area (Å²) < 4.78 is 12.0. The number of hydrogen-bond acceptors (Lipinski definition) is 4. The summed E-state index contributed by atoms with van der Waals surface area (Å²) in [6, 6.07) is 0. The van der Waals surface area contributed by atoms with Gasteiger partial charge in [-0.25, -0.2) is 4.79 Å². The lowest BCUT2D eigenvalue weighted by Crippen LogP contribution is -2.54. The van der Waals surface area contributed by atoms with Gasteiger partial charge in [0.05, 0.1) is 17.8 Å². The van der Waals surface area contributed by atoms with Crippen molar-refractivity contribution in [1.29, 1.82) is 0 Å². The molecule has 2 aliphatic carbocycles. The van der Waals surface area contributed by atoms with Gasteiger partial charge in [0.1, 0.15) is 11.5 Å². The molecular formula is C27H38O4. The number of hydrogen-bond donors (Lipinski definition) is 1. The fourth-order valence-corrected chi connectivity index (χ4v) is 7.16. The Balaban J connectivity index is 1.70. The van der Waals surface area contributed by atoms with E-state index in [1.807, 2.05) is 6.92 Å². The molecule has 0 aromatic carbocycles. The Kier molecular flexibility index (Phi) is 5.53. The second kappa shape index (κ2) is 7.65. The third-order valence-electron chi connectivity index (χ3n) is 8.88. The van der Waals surface area contributed by atoms with Crippen molar-refractivity contribution in [1.82, 2.24) is 0 Å². The second-order valence-corrected chi connectivity index (χ2v) is 11.1. The summed E-state index contributed by atoms with van der Waals surface area (Å²) in [6.07, 6.45) is 8.50. The maximum absolute atomic E-state index is 12.7. The molecule has 0 amide bonds. The fraction of sp³-hybridized carbons (Fsp3) is 0.667. The number of fused-ring (bicyclic) bond motifs is 3. The van der Waals surface area contributed by atoms with Crippen molar-refractivity contribution in [2.75, 3.05) is 0 Å². The zero-order valence-electron chi connectivity index (χ0n) is 20.0. The highest BCUT2D eigenvalue weighted by atomic mass is 16.5. The molecule has 3 fully saturated rings. The Morgan fingerprint density at radius 2 is 1.94 bits per heavy atom. The normalized spacial score (nSPS) is 37.3. The zero-order chi connectivity index (χ0) is 22.7. The first-order chi connectivity index (χ1) is 14.5. The largest absolute Gasteiger partial charge is 0.507 e. The highest BCUT2D eigenvalue weighted by Crippen LogP contribution is 2.65. The van der Waals surface area contributed by atoms with Crippen molar-refractivity contribution >= 4 is 0 Å². The van der Waals surface area contributed by atoms with Crippen LogP contribution in [-0.2, 0) is 11.2 Å². The molecule has 1 aliphatic heterocycles. The van der Waals surface area contributed by atoms with Crippen LogP contribution in [0, 0.1) is 36.5 Å². The summed E-state index contributed by atoms with van der Waals surface area (Å²) in [7, 11) is 0. The van der Waals surface area contributed by atoms with E-state index in [1.54, 1.807) is 6.92 Å². The van der Waals surface area contributed by atoms with E-state index in [0.29, 0.717) is 35.3 Å². The lowest BCUT2D eigenvalue weighted by molar-refractivity contribution is -0.110. The molecule has 2 heterocycles. The fourth-order valence-electron chi connectivity index (χ4n) is 7.16. The summed E-state index contributed by atoms with van der Waals surface area (Å²) in [6.45, 7) is 17.1. The maximum Gasteiger partial charge on any atom is 0.342 e. The van der Waals surface area contributed by atoms with Crippen LogP contribution in [0.1, 0.15) is 76.7 Å². The Morgan fingerprint density at radius 3 is 2.61 bits per heavy atom. The lowest BCUT2D eigenvalue weighted by atomic mass is 9.45. The molecule has 3 aliphatic rings. The van der Waals surface area contributed by atoms with E-state index in [9.17, 15) is 9.90 Å². The summed E-state index contributed by atoms with van der Waals surface area (Å²) in [5.74, 6) is 1.24. The van der Waals surface area contributed by atoms with Crippen LogP contribution < -0.4 is 5.63 Å². The number of ether oxygens (including phenoxy) is 1. The number of aromatic hydroxyl groups is 1. The topological polar surface area (TPSA) is 59.7 Å². The van der Waals surface area contributed by atoms with Gasteiger partial charge >= 0.3 is 5.63 Å². The van der Waals surface area contributed by atoms with E-state index in [1.165, 1.54) is 11.1 Å². The van der Waals surface area contributed by atoms with Gasteiger partial charge in [-0.15, -0.1) is 0 Å². The maximum atomic E-state index is 12.7. The molecule has 1 saturated heterocycles. The molecule has 0 spiro atoms. The molecule has 4 heteroatoms. The first-order valence-electron chi connectivity index (χ1n) is 11.8. The van der Waals surface area contributed by atoms with Crippen molar-refractivity contribution < 1.29 is 14.3 Å². The van der Waals surface area contributed by atoms with Gasteiger partial charge in [-0.3, -0.25) is 0 Å². The van der Waals surface area contributed by atoms with Crippen LogP contribution in [0.2, 0.25) is 0 Å². The predicted molar refractivity (Wildman–Crippen MR) is 123 cm³/mol. The summed E-state index contributed by atoms with van der Waals surface area (Å²) >= 11 is 0. The van der Waals surface area contributed by atoms with Gasteiger partial charge in [-0.1, -0.05) is 37.6 Å². The third-order valence-corrected chi connectivity index (χ3v) is 8.88. The van der Waals surface area contributed by atoms with Crippen LogP contribution >= 0.6 is 0 Å². The minimum Gasteiger partial charge on any atom is -0.507 e. The Labute approximate surface area is 186 Å². The first-order valence-corrected chi connectivity index (χ1v) is 11.8. The SMILES string of the molecule is C=C1CC[C@H]2[C@]3(C)C[C@H](C=C(C)C)O[C@H]3CC[C@]2(C)[C@@H]1Cc1c(O)c(C)c(C)oc1=O. The van der Waals surface area contributed by atoms with Crippen molar-refractivity contribution in [2.45, 2.75) is 92.3 Å². The van der Waals surface area contributed by atoms with Crippen molar-refractivity contribution in [3.63, 3.8) is 0 Å². The smallest absolute Gasteiger partial charge is 0.342 e. The zero-order valence-corrected chi connectivity index (χ0v) is 20.0. The van der Waals surface area contributed by atoms with E-state index in [0.717, 1.165) is 32.1 Å². The van der Waals surface area contributed by atoms with Gasteiger partial charge in [0.25, 0.3) is 0 Å². The van der Waals surface area contributed by atoms with Crippen molar-refractivity contribution in [3.05, 3.63) is 51.1 Å². The standard InChI is InChI=1S/C27H38O4/c1-15(2)12-19-14-27(7)22-9-8-16(3)21(26(22,6)11-10-23(27)31-19)13-20-24(28)17(4)18(5)30-25(20)29/h12,19,21-23,28H,3,8-11,13-14H2,1-2,4-7H3/t19-,21+,22+,23-,26+,27-/m0/s1. The van der Waals surface area contributed by atoms with E-state index < -0.39 is 5.63 Å². The van der Waals surface area contributed by atoms with Gasteiger partial charge < -0.3 is 14.3 Å². The number of allylic oxidation sites excluding steroid dienone is 2. The summed E-state index contributed by atoms with van der Waals surface area (Å²) in [4.78, 5) is 12.7. The van der Waals surface area contributed by atoms with Gasteiger partial charge in [-0.2, -0.15) is 0 Å². The number of aryl methyl sites for hydroxylation is 1. The quantitative estimate of drug-likeness (QED) is 0.601. The van der Waals surface area contributed by atoms with Crippen LogP contribution in [0.25, 0.3) is 0 Å². The highest BCUT2D eigenvalue weighted by Gasteiger charge is 2.61. The van der Waals surface area contributed by atoms with Crippen LogP contribution in [0.3, 0.4) is 0 Å². The van der Waals surface area contributed by atoms with Crippen LogP contribution in [0.4, 0.5) is 0 Å². The Morgan fingerprint density at radius 1 is 1.23 bits per heavy atom. The van der Waals surface area contributed by atoms with E-state index in [2.05, 4.69) is 40.3 Å². The molecule has 0 unspecified atom stereocenters. The summed E-state index contributed by atoms with van der Waals surface area (Å²) in [5.41, 5.74) is 3.32. The molecule has 170 valence electrons. The van der Waals surface area contributed by atoms with E-state index >= 15 is 0 Å². The predicted octanol–water partition coefficient (Wildman–Crippen LogP) is 6.02. The molecule has 4 nitrogen and oxygen atoms in total. The monoisotopic (exact) mass is 426 g/mol. The molecule has 4 rings (SSSR count). The van der Waals surface area contributed by atoms with Crippen molar-refractivity contribution in [2.24, 2.45) is 22.7 Å². The number of rotatable bonds is 3. The lowest BCUT2D eigenvalue weighted by Gasteiger charge is -2.59. The van der Waals surface area contributed by atoms with Gasteiger partial charge in [0.2, 0.25) is 0 Å². The molecule has 6 atom stereocenters. The first kappa shape index (κ1) is 22.4. The molecule has 1 aromatic heterocycles. The van der Waals surface area contributed by atoms with Gasteiger partial charge in [0.15, 0.2) is 0 Å². The van der Waals surface area contributed by atoms with E-state index in [4.69, 9.17) is 9.15 Å². The van der Waals surface area contributed by atoms with E-state index in [-0.39, 0.29) is 28.6 Å². The van der Waals surface area contributed by atoms with Crippen LogP contribution in [0.5, 0.6) is 5.75 Å². The Hall–Kier alpha value is -1.81. The summed E-state index contributed by atoms with van der Waals surface area (Å²) in [5, 5.41) is 10.8. The molecular weight excluding hydrogens is 388 g/mol. The van der Waals surface area contributed by atoms with Crippen LogP contribution in [-0.4, -0.2) is 17.3 Å². The minimum absolute atomic E-state index is 0.0292. The van der Waals surface area contributed by atoms with Crippen molar-refractivity contribution in [3.8, 4) is 5.75 Å². The van der Waals surface area contributed by atoms with Crippen LogP contribution in [0.15, 0.2) is 33.0 Å². The average Bonchev–Trinajstić information content (AvgIpc) is 2.99. The molecule has 0 radical (unpaired) electrons. The average molecular weight is 427 g/mol. The highest BCUT2D eigenvalue weighted by molar-refractivity contribution is 5.40. The molecule has 1 N–H and O–H groups in total. The Bertz CT molecular complexity index is 982.